The van der Waals surface area contributed by atoms with Crippen molar-refractivity contribution in [1.29, 1.82) is 0 Å². The summed E-state index contributed by atoms with van der Waals surface area (Å²) in [5.74, 6) is 1.98. The largest absolute Gasteiger partial charge is 0.359 e. The Labute approximate surface area is 170 Å². The number of nitrogens with zero attached hydrogens (tertiary/aromatic N) is 3. The number of aryl methyl sites for hydroxylation is 2. The SMILES string of the molecule is CN=C(NCCCCc1nc(C)cs1)NCc1cc(C(C)C)no1.I. The Kier molecular flexibility index (Phi) is 10.0. The Bertz CT molecular complexity index is 653. The van der Waals surface area contributed by atoms with Gasteiger partial charge in [0.15, 0.2) is 11.7 Å². The molecule has 0 atom stereocenters. The van der Waals surface area contributed by atoms with Gasteiger partial charge in [0, 0.05) is 30.7 Å². The second kappa shape index (κ2) is 11.5. The van der Waals surface area contributed by atoms with Gasteiger partial charge in [0.2, 0.25) is 0 Å². The minimum Gasteiger partial charge on any atom is -0.359 e. The van der Waals surface area contributed by atoms with E-state index in [1.54, 1.807) is 18.4 Å². The molecule has 8 heteroatoms. The summed E-state index contributed by atoms with van der Waals surface area (Å²) in [5, 5.41) is 13.9. The smallest absolute Gasteiger partial charge is 0.191 e. The molecule has 0 aromatic carbocycles. The fraction of sp³-hybridized carbons (Fsp3) is 0.588. The molecule has 0 bridgehead atoms. The molecule has 0 unspecified atom stereocenters. The van der Waals surface area contributed by atoms with Gasteiger partial charge in [-0.2, -0.15) is 0 Å². The first kappa shape index (κ1) is 21.9. The number of hydrogen-bond acceptors (Lipinski definition) is 5. The topological polar surface area (TPSA) is 75.3 Å². The molecule has 2 aromatic heterocycles. The van der Waals surface area contributed by atoms with Crippen LogP contribution in [0.25, 0.3) is 0 Å². The van der Waals surface area contributed by atoms with E-state index in [4.69, 9.17) is 4.52 Å². The molecule has 0 spiro atoms. The van der Waals surface area contributed by atoms with Gasteiger partial charge in [0.05, 0.1) is 17.2 Å². The Morgan fingerprint density at radius 2 is 2.12 bits per heavy atom. The molecular formula is C17H28IN5OS. The van der Waals surface area contributed by atoms with Gasteiger partial charge in [-0.3, -0.25) is 4.99 Å². The summed E-state index contributed by atoms with van der Waals surface area (Å²) in [6.45, 7) is 7.70. The van der Waals surface area contributed by atoms with E-state index in [9.17, 15) is 0 Å². The highest BCUT2D eigenvalue weighted by atomic mass is 127. The van der Waals surface area contributed by atoms with Crippen LogP contribution in [0, 0.1) is 6.92 Å². The molecule has 2 heterocycles. The van der Waals surface area contributed by atoms with Gasteiger partial charge < -0.3 is 15.2 Å². The van der Waals surface area contributed by atoms with Crippen LogP contribution in [0.15, 0.2) is 21.0 Å². The summed E-state index contributed by atoms with van der Waals surface area (Å²) in [4.78, 5) is 8.71. The first-order valence-electron chi connectivity index (χ1n) is 8.39. The van der Waals surface area contributed by atoms with E-state index in [0.29, 0.717) is 12.5 Å². The third-order valence-electron chi connectivity index (χ3n) is 3.60. The zero-order valence-corrected chi connectivity index (χ0v) is 18.5. The van der Waals surface area contributed by atoms with Crippen LogP contribution >= 0.6 is 35.3 Å². The number of unbranched alkanes of at least 4 members (excludes halogenated alkanes) is 1. The normalized spacial score (nSPS) is 11.5. The highest BCUT2D eigenvalue weighted by Crippen LogP contribution is 2.13. The van der Waals surface area contributed by atoms with E-state index in [2.05, 4.69) is 45.0 Å². The van der Waals surface area contributed by atoms with Gasteiger partial charge in [-0.1, -0.05) is 19.0 Å². The molecule has 0 radical (unpaired) electrons. The Balaban J connectivity index is 0.00000312. The second-order valence-electron chi connectivity index (χ2n) is 6.07. The van der Waals surface area contributed by atoms with Crippen molar-refractivity contribution in [3.63, 3.8) is 0 Å². The minimum absolute atomic E-state index is 0. The van der Waals surface area contributed by atoms with Crippen molar-refractivity contribution in [3.8, 4) is 0 Å². The van der Waals surface area contributed by atoms with Crippen molar-refractivity contribution in [3.05, 3.63) is 33.6 Å². The van der Waals surface area contributed by atoms with Gasteiger partial charge in [0.1, 0.15) is 0 Å². The summed E-state index contributed by atoms with van der Waals surface area (Å²) in [6.07, 6.45) is 3.25. The van der Waals surface area contributed by atoms with Gasteiger partial charge in [0.25, 0.3) is 0 Å². The average molecular weight is 477 g/mol. The van der Waals surface area contributed by atoms with Gasteiger partial charge in [-0.15, -0.1) is 35.3 Å². The molecule has 2 N–H and O–H groups in total. The quantitative estimate of drug-likeness (QED) is 0.261. The first-order chi connectivity index (χ1) is 11.6. The molecule has 25 heavy (non-hydrogen) atoms. The molecule has 0 fully saturated rings. The molecular weight excluding hydrogens is 449 g/mol. The lowest BCUT2D eigenvalue weighted by Gasteiger charge is -2.10. The summed E-state index contributed by atoms with van der Waals surface area (Å²) >= 11 is 1.74. The maximum atomic E-state index is 5.31. The molecule has 0 saturated heterocycles. The number of thiazole rings is 1. The Hall–Kier alpha value is -1.16. The Morgan fingerprint density at radius 3 is 2.72 bits per heavy atom. The predicted octanol–water partition coefficient (Wildman–Crippen LogP) is 3.87. The summed E-state index contributed by atoms with van der Waals surface area (Å²) in [5.41, 5.74) is 2.10. The van der Waals surface area contributed by atoms with Crippen molar-refractivity contribution in [2.75, 3.05) is 13.6 Å². The van der Waals surface area contributed by atoms with Crippen molar-refractivity contribution in [1.82, 2.24) is 20.8 Å². The lowest BCUT2D eigenvalue weighted by molar-refractivity contribution is 0.372. The molecule has 6 nitrogen and oxygen atoms in total. The Morgan fingerprint density at radius 1 is 1.32 bits per heavy atom. The van der Waals surface area contributed by atoms with Crippen LogP contribution in [-0.4, -0.2) is 29.7 Å². The number of nitrogens with one attached hydrogen (secondary N) is 2. The highest BCUT2D eigenvalue weighted by Gasteiger charge is 2.08. The van der Waals surface area contributed by atoms with Crippen molar-refractivity contribution >= 4 is 41.3 Å². The molecule has 2 aromatic rings. The van der Waals surface area contributed by atoms with Crippen LogP contribution < -0.4 is 10.6 Å². The lowest BCUT2D eigenvalue weighted by atomic mass is 10.1. The fourth-order valence-corrected chi connectivity index (χ4v) is 3.02. The van der Waals surface area contributed by atoms with Gasteiger partial charge in [-0.05, 0) is 32.1 Å². The number of hydrogen-bond donors (Lipinski definition) is 2. The molecule has 0 aliphatic rings. The van der Waals surface area contributed by atoms with E-state index in [-0.39, 0.29) is 24.0 Å². The van der Waals surface area contributed by atoms with Crippen LogP contribution in [0.1, 0.15) is 54.8 Å². The number of guanidine groups is 1. The monoisotopic (exact) mass is 477 g/mol. The van der Waals surface area contributed by atoms with E-state index in [0.717, 1.165) is 48.9 Å². The van der Waals surface area contributed by atoms with E-state index in [1.807, 2.05) is 13.0 Å². The third-order valence-corrected chi connectivity index (χ3v) is 4.63. The molecule has 0 saturated carbocycles. The number of rotatable bonds is 8. The van der Waals surface area contributed by atoms with E-state index in [1.165, 1.54) is 5.01 Å². The molecule has 0 amide bonds. The average Bonchev–Trinajstić information content (AvgIpc) is 3.19. The zero-order chi connectivity index (χ0) is 17.4. The van der Waals surface area contributed by atoms with Crippen LogP contribution in [-0.2, 0) is 13.0 Å². The molecule has 0 aliphatic heterocycles. The van der Waals surface area contributed by atoms with Gasteiger partial charge in [-0.25, -0.2) is 4.98 Å². The highest BCUT2D eigenvalue weighted by molar-refractivity contribution is 14.0. The maximum absolute atomic E-state index is 5.31. The van der Waals surface area contributed by atoms with Crippen molar-refractivity contribution in [2.45, 2.75) is 52.5 Å². The number of aromatic nitrogens is 2. The number of aliphatic imine (C=N–C) groups is 1. The molecule has 140 valence electrons. The molecule has 0 aliphatic carbocycles. The zero-order valence-electron chi connectivity index (χ0n) is 15.3. The second-order valence-corrected chi connectivity index (χ2v) is 7.01. The first-order valence-corrected chi connectivity index (χ1v) is 9.27. The van der Waals surface area contributed by atoms with E-state index < -0.39 is 0 Å². The van der Waals surface area contributed by atoms with Crippen LogP contribution in [0.3, 0.4) is 0 Å². The van der Waals surface area contributed by atoms with Crippen molar-refractivity contribution in [2.24, 2.45) is 4.99 Å². The van der Waals surface area contributed by atoms with Crippen LogP contribution in [0.2, 0.25) is 0 Å². The summed E-state index contributed by atoms with van der Waals surface area (Å²) in [6, 6.07) is 1.99. The predicted molar refractivity (Wildman–Crippen MR) is 114 cm³/mol. The standard InChI is InChI=1S/C17H27N5OS.HI/c1-12(2)15-9-14(23-22-15)10-20-17(18-4)19-8-6-5-7-16-21-13(3)11-24-16;/h9,11-12H,5-8,10H2,1-4H3,(H2,18,19,20);1H. The lowest BCUT2D eigenvalue weighted by Crippen LogP contribution is -2.37. The third kappa shape index (κ3) is 7.72. The summed E-state index contributed by atoms with van der Waals surface area (Å²) < 4.78 is 5.31. The maximum Gasteiger partial charge on any atom is 0.191 e. The van der Waals surface area contributed by atoms with Crippen LogP contribution in [0.5, 0.6) is 0 Å². The number of halogens is 1. The molecule has 2 rings (SSSR count). The van der Waals surface area contributed by atoms with E-state index >= 15 is 0 Å². The summed E-state index contributed by atoms with van der Waals surface area (Å²) in [7, 11) is 1.77. The van der Waals surface area contributed by atoms with Crippen LogP contribution in [0.4, 0.5) is 0 Å². The van der Waals surface area contributed by atoms with Gasteiger partial charge >= 0.3 is 0 Å². The fourth-order valence-electron chi connectivity index (χ4n) is 2.20. The van der Waals surface area contributed by atoms with Crippen molar-refractivity contribution < 1.29 is 4.52 Å². The minimum atomic E-state index is 0.